The van der Waals surface area contributed by atoms with Crippen molar-refractivity contribution in [2.24, 2.45) is 11.3 Å². The quantitative estimate of drug-likeness (QED) is 0.562. The van der Waals surface area contributed by atoms with Crippen molar-refractivity contribution in [1.29, 1.82) is 0 Å². The number of carbonyl (C=O) groups excluding carboxylic acids is 1. The number of amides is 1. The first-order valence-corrected chi connectivity index (χ1v) is 13.2. The molecule has 1 spiro atoms. The Balaban J connectivity index is 1.46. The second kappa shape index (κ2) is 11.4. The summed E-state index contributed by atoms with van der Waals surface area (Å²) in [4.78, 5) is 17.8. The molecule has 2 aromatic rings. The Morgan fingerprint density at radius 3 is 2.44 bits per heavy atom. The van der Waals surface area contributed by atoms with Crippen molar-refractivity contribution in [3.63, 3.8) is 0 Å². The van der Waals surface area contributed by atoms with Crippen LogP contribution < -0.4 is 4.74 Å². The van der Waals surface area contributed by atoms with E-state index in [0.717, 1.165) is 69.9 Å². The normalized spacial score (nSPS) is 19.7. The van der Waals surface area contributed by atoms with Gasteiger partial charge in [0.05, 0.1) is 0 Å². The van der Waals surface area contributed by atoms with Gasteiger partial charge in [0.25, 0.3) is 5.91 Å². The van der Waals surface area contributed by atoms with Crippen molar-refractivity contribution in [3.8, 4) is 5.75 Å². The van der Waals surface area contributed by atoms with Gasteiger partial charge in [-0.3, -0.25) is 9.69 Å². The second-order valence-electron chi connectivity index (χ2n) is 11.0. The molecule has 4 rings (SSSR count). The number of hydrogen-bond donors (Lipinski definition) is 0. The number of para-hydroxylation sites is 1. The van der Waals surface area contributed by atoms with Crippen LogP contribution in [0.3, 0.4) is 0 Å². The minimum Gasteiger partial charge on any atom is -0.492 e. The Morgan fingerprint density at radius 2 is 1.71 bits per heavy atom. The van der Waals surface area contributed by atoms with Crippen LogP contribution in [0.25, 0.3) is 0 Å². The number of piperidine rings is 1. The van der Waals surface area contributed by atoms with Crippen molar-refractivity contribution < 1.29 is 9.53 Å². The number of likely N-dealkylation sites (tertiary alicyclic amines) is 1. The fourth-order valence-corrected chi connectivity index (χ4v) is 5.73. The molecule has 0 aromatic heterocycles. The highest BCUT2D eigenvalue weighted by atomic mass is 16.5. The van der Waals surface area contributed by atoms with Crippen molar-refractivity contribution in [1.82, 2.24) is 9.80 Å². The molecular formula is C30H42N2O2. The average molecular weight is 463 g/mol. The number of carbonyl (C=O) groups is 1. The lowest BCUT2D eigenvalue weighted by molar-refractivity contribution is 0.0355. The van der Waals surface area contributed by atoms with E-state index in [9.17, 15) is 4.79 Å². The summed E-state index contributed by atoms with van der Waals surface area (Å²) in [6.45, 7) is 12.3. The van der Waals surface area contributed by atoms with Gasteiger partial charge in [-0.15, -0.1) is 0 Å². The maximum Gasteiger partial charge on any atom is 0.253 e. The van der Waals surface area contributed by atoms with Crippen molar-refractivity contribution in [2.45, 2.75) is 59.3 Å². The lowest BCUT2D eigenvalue weighted by atomic mass is 9.73. The largest absolute Gasteiger partial charge is 0.492 e. The fraction of sp³-hybridized carbons (Fsp3) is 0.567. The first-order valence-electron chi connectivity index (χ1n) is 13.2. The van der Waals surface area contributed by atoms with Gasteiger partial charge in [0, 0.05) is 38.3 Å². The maximum absolute atomic E-state index is 13.1. The molecule has 2 aliphatic rings. The van der Waals surface area contributed by atoms with Gasteiger partial charge in [-0.2, -0.15) is 0 Å². The van der Waals surface area contributed by atoms with Gasteiger partial charge < -0.3 is 9.64 Å². The molecule has 34 heavy (non-hydrogen) atoms. The molecule has 0 radical (unpaired) electrons. The number of rotatable bonds is 3. The molecular weight excluding hydrogens is 420 g/mol. The van der Waals surface area contributed by atoms with Crippen LogP contribution in [0.15, 0.2) is 48.5 Å². The van der Waals surface area contributed by atoms with Gasteiger partial charge in [0.1, 0.15) is 12.4 Å². The van der Waals surface area contributed by atoms with E-state index >= 15 is 0 Å². The van der Waals surface area contributed by atoms with Crippen LogP contribution in [-0.4, -0.2) is 55.0 Å². The highest BCUT2D eigenvalue weighted by molar-refractivity contribution is 5.94. The highest BCUT2D eigenvalue weighted by Gasteiger charge is 2.37. The lowest BCUT2D eigenvalue weighted by Crippen LogP contribution is -2.49. The predicted octanol–water partition coefficient (Wildman–Crippen LogP) is 5.98. The molecule has 4 nitrogen and oxygen atoms in total. The van der Waals surface area contributed by atoms with Crippen molar-refractivity contribution in [3.05, 3.63) is 65.2 Å². The number of fused-ring (bicyclic) bond motifs is 1. The third-order valence-electron chi connectivity index (χ3n) is 7.63. The monoisotopic (exact) mass is 462 g/mol. The van der Waals surface area contributed by atoms with Crippen molar-refractivity contribution in [2.75, 3.05) is 39.3 Å². The second-order valence-corrected chi connectivity index (χ2v) is 11.0. The molecule has 0 aliphatic carbocycles. The third kappa shape index (κ3) is 6.41. The zero-order chi connectivity index (χ0) is 24.0. The summed E-state index contributed by atoms with van der Waals surface area (Å²) in [6.07, 6.45) is 6.94. The van der Waals surface area contributed by atoms with Crippen LogP contribution in [-0.2, 0) is 6.42 Å². The zero-order valence-corrected chi connectivity index (χ0v) is 21.4. The fourth-order valence-electron chi connectivity index (χ4n) is 5.73. The topological polar surface area (TPSA) is 32.8 Å². The number of benzene rings is 2. The van der Waals surface area contributed by atoms with E-state index < -0.39 is 0 Å². The van der Waals surface area contributed by atoms with Crippen molar-refractivity contribution >= 4 is 5.91 Å². The van der Waals surface area contributed by atoms with Crippen LogP contribution in [0.4, 0.5) is 0 Å². The average Bonchev–Trinajstić information content (AvgIpc) is 2.82. The lowest BCUT2D eigenvalue weighted by Gasteiger charge is -2.45. The van der Waals surface area contributed by atoms with Gasteiger partial charge in [0.15, 0.2) is 0 Å². The Morgan fingerprint density at radius 1 is 0.971 bits per heavy atom. The number of ether oxygens (including phenoxy) is 1. The first-order chi connectivity index (χ1) is 16.4. The summed E-state index contributed by atoms with van der Waals surface area (Å²) in [5, 5.41) is 0. The minimum absolute atomic E-state index is 0.187. The highest BCUT2D eigenvalue weighted by Crippen LogP contribution is 2.39. The molecule has 1 amide bonds. The molecule has 1 saturated heterocycles. The SMILES string of the molecule is Cc1ccc(C(=O)N2CCC3(CCCCc4ccccc4OCCN(CC(C)C)C3)CC2)cc1. The van der Waals surface area contributed by atoms with E-state index in [2.05, 4.69) is 54.8 Å². The predicted molar refractivity (Wildman–Crippen MR) is 140 cm³/mol. The Bertz CT molecular complexity index is 929. The van der Waals surface area contributed by atoms with Crippen LogP contribution in [0.2, 0.25) is 0 Å². The zero-order valence-electron chi connectivity index (χ0n) is 21.4. The number of nitrogens with zero attached hydrogens (tertiary/aromatic N) is 2. The molecule has 0 N–H and O–H groups in total. The number of aryl methyl sites for hydroxylation is 2. The molecule has 4 heteroatoms. The Hall–Kier alpha value is -2.33. The first kappa shape index (κ1) is 24.8. The van der Waals surface area contributed by atoms with Crippen LogP contribution in [0.1, 0.15) is 67.4 Å². The van der Waals surface area contributed by atoms with E-state index in [1.165, 1.54) is 30.4 Å². The molecule has 0 bridgehead atoms. The molecule has 1 fully saturated rings. The summed E-state index contributed by atoms with van der Waals surface area (Å²) in [7, 11) is 0. The van der Waals surface area contributed by atoms with Gasteiger partial charge in [-0.1, -0.05) is 56.2 Å². The smallest absolute Gasteiger partial charge is 0.253 e. The van der Waals surface area contributed by atoms with E-state index in [1.807, 2.05) is 24.3 Å². The van der Waals surface area contributed by atoms with Gasteiger partial charge in [-0.05, 0) is 74.1 Å². The van der Waals surface area contributed by atoms with E-state index in [1.54, 1.807) is 0 Å². The van der Waals surface area contributed by atoms with Crippen LogP contribution >= 0.6 is 0 Å². The molecule has 2 aromatic carbocycles. The minimum atomic E-state index is 0.187. The van der Waals surface area contributed by atoms with E-state index in [4.69, 9.17) is 4.74 Å². The summed E-state index contributed by atoms with van der Waals surface area (Å²) in [5.41, 5.74) is 3.64. The Kier molecular flexibility index (Phi) is 8.31. The van der Waals surface area contributed by atoms with Gasteiger partial charge >= 0.3 is 0 Å². The number of hydrogen-bond acceptors (Lipinski definition) is 3. The third-order valence-corrected chi connectivity index (χ3v) is 7.63. The van der Waals surface area contributed by atoms with E-state index in [-0.39, 0.29) is 11.3 Å². The Labute approximate surface area is 206 Å². The summed E-state index contributed by atoms with van der Waals surface area (Å²) in [5.74, 6) is 1.87. The summed E-state index contributed by atoms with van der Waals surface area (Å²) < 4.78 is 6.26. The van der Waals surface area contributed by atoms with Crippen LogP contribution in [0.5, 0.6) is 5.75 Å². The molecule has 184 valence electrons. The molecule has 0 saturated carbocycles. The van der Waals surface area contributed by atoms with E-state index in [0.29, 0.717) is 5.92 Å². The maximum atomic E-state index is 13.1. The van der Waals surface area contributed by atoms with Crippen LogP contribution in [0, 0.1) is 18.3 Å². The summed E-state index contributed by atoms with van der Waals surface area (Å²) in [6, 6.07) is 16.6. The molecule has 0 atom stereocenters. The standard InChI is InChI=1S/C30H42N2O2/c1-24(2)22-31-20-21-34-28-10-5-4-8-26(28)9-6-7-15-30(23-31)16-18-32(19-17-30)29(33)27-13-11-25(3)12-14-27/h4-5,8,10-14,24H,6-7,9,15-23H2,1-3H3. The molecule has 2 aliphatic heterocycles. The summed E-state index contributed by atoms with van der Waals surface area (Å²) >= 11 is 0. The molecule has 2 heterocycles. The molecule has 0 unspecified atom stereocenters. The van der Waals surface area contributed by atoms with Gasteiger partial charge in [0.2, 0.25) is 0 Å². The van der Waals surface area contributed by atoms with Gasteiger partial charge in [-0.25, -0.2) is 0 Å².